The van der Waals surface area contributed by atoms with E-state index in [0.29, 0.717) is 40.9 Å². The van der Waals surface area contributed by atoms with E-state index in [1.165, 1.54) is 14.2 Å². The lowest BCUT2D eigenvalue weighted by Crippen LogP contribution is -2.03. The maximum Gasteiger partial charge on any atom is 0.204 e. The van der Waals surface area contributed by atoms with Crippen LogP contribution in [0.15, 0.2) is 41.6 Å². The second-order valence-corrected chi connectivity index (χ2v) is 4.92. The van der Waals surface area contributed by atoms with Crippen LogP contribution in [-0.4, -0.2) is 31.7 Å². The molecule has 2 aromatic rings. The van der Waals surface area contributed by atoms with Crippen molar-refractivity contribution in [3.05, 3.63) is 47.5 Å². The summed E-state index contributed by atoms with van der Waals surface area (Å²) < 4.78 is 22.2. The van der Waals surface area contributed by atoms with E-state index in [1.54, 1.807) is 6.07 Å². The second-order valence-electron chi connectivity index (χ2n) is 4.92. The Morgan fingerprint density at radius 3 is 2.57 bits per heavy atom. The van der Waals surface area contributed by atoms with Gasteiger partial charge in [-0.15, -0.1) is 0 Å². The first-order chi connectivity index (χ1) is 11.3. The molecule has 6 nitrogen and oxygen atoms in total. The summed E-state index contributed by atoms with van der Waals surface area (Å²) in [4.78, 5) is 0. The fourth-order valence-electron chi connectivity index (χ4n) is 2.49. The standard InChI is InChI=1S/C17H17NO5/c1-20-13-8-14(22-9-11-6-4-3-5-7-11)16(21-2)17-15(13)12(18-19)10-23-17/h3-8,19H,9-10H2,1-2H3. The van der Waals surface area contributed by atoms with Crippen LogP contribution in [0.2, 0.25) is 0 Å². The molecule has 0 atom stereocenters. The van der Waals surface area contributed by atoms with Crippen LogP contribution in [0.4, 0.5) is 0 Å². The highest BCUT2D eigenvalue weighted by molar-refractivity contribution is 6.09. The predicted octanol–water partition coefficient (Wildman–Crippen LogP) is 2.85. The molecule has 0 aromatic heterocycles. The van der Waals surface area contributed by atoms with E-state index in [0.717, 1.165) is 5.56 Å². The summed E-state index contributed by atoms with van der Waals surface area (Å²) in [6.45, 7) is 0.542. The average Bonchev–Trinajstić information content (AvgIpc) is 3.03. The molecule has 2 aromatic carbocycles. The van der Waals surface area contributed by atoms with Crippen LogP contribution in [0.1, 0.15) is 11.1 Å². The molecule has 1 aliphatic heterocycles. The van der Waals surface area contributed by atoms with Gasteiger partial charge in [-0.1, -0.05) is 35.5 Å². The van der Waals surface area contributed by atoms with Crippen LogP contribution in [0, 0.1) is 0 Å². The van der Waals surface area contributed by atoms with Gasteiger partial charge in [0.15, 0.2) is 11.5 Å². The van der Waals surface area contributed by atoms with Crippen molar-refractivity contribution in [2.75, 3.05) is 20.8 Å². The Bertz CT molecular complexity index is 728. The summed E-state index contributed by atoms with van der Waals surface area (Å²) in [5.41, 5.74) is 2.01. The molecule has 0 saturated heterocycles. The molecule has 23 heavy (non-hydrogen) atoms. The molecule has 0 fully saturated rings. The highest BCUT2D eigenvalue weighted by atomic mass is 16.5. The number of fused-ring (bicyclic) bond motifs is 1. The summed E-state index contributed by atoms with van der Waals surface area (Å²) in [5.74, 6) is 1.93. The predicted molar refractivity (Wildman–Crippen MR) is 84.1 cm³/mol. The monoisotopic (exact) mass is 315 g/mol. The molecule has 0 spiro atoms. The van der Waals surface area contributed by atoms with E-state index in [4.69, 9.17) is 24.2 Å². The van der Waals surface area contributed by atoms with E-state index in [9.17, 15) is 0 Å². The number of rotatable bonds is 5. The summed E-state index contributed by atoms with van der Waals surface area (Å²) in [5, 5.41) is 12.3. The first kappa shape index (κ1) is 15.0. The molecule has 0 aliphatic carbocycles. The maximum absolute atomic E-state index is 9.10. The minimum absolute atomic E-state index is 0.153. The van der Waals surface area contributed by atoms with E-state index >= 15 is 0 Å². The van der Waals surface area contributed by atoms with Gasteiger partial charge in [0.1, 0.15) is 24.7 Å². The van der Waals surface area contributed by atoms with Crippen LogP contribution in [0.5, 0.6) is 23.0 Å². The molecule has 1 heterocycles. The molecule has 3 rings (SSSR count). The Hall–Kier alpha value is -2.89. The maximum atomic E-state index is 9.10. The Labute approximate surface area is 133 Å². The summed E-state index contributed by atoms with van der Waals surface area (Å²) >= 11 is 0. The highest BCUT2D eigenvalue weighted by Crippen LogP contribution is 2.48. The Balaban J connectivity index is 1.98. The number of nitrogens with zero attached hydrogens (tertiary/aromatic N) is 1. The van der Waals surface area contributed by atoms with Crippen LogP contribution in [0.25, 0.3) is 0 Å². The Morgan fingerprint density at radius 2 is 1.91 bits per heavy atom. The van der Waals surface area contributed by atoms with Gasteiger partial charge in [-0.3, -0.25) is 0 Å². The van der Waals surface area contributed by atoms with Crippen molar-refractivity contribution >= 4 is 5.71 Å². The third-order valence-corrected chi connectivity index (χ3v) is 3.59. The number of hydrogen-bond acceptors (Lipinski definition) is 6. The first-order valence-electron chi connectivity index (χ1n) is 7.08. The molecule has 0 unspecified atom stereocenters. The smallest absolute Gasteiger partial charge is 0.204 e. The molecule has 6 heteroatoms. The van der Waals surface area contributed by atoms with Crippen molar-refractivity contribution in [2.45, 2.75) is 6.61 Å². The lowest BCUT2D eigenvalue weighted by Gasteiger charge is -2.15. The molecule has 1 aliphatic rings. The Morgan fingerprint density at radius 1 is 1.13 bits per heavy atom. The van der Waals surface area contributed by atoms with Gasteiger partial charge < -0.3 is 24.2 Å². The van der Waals surface area contributed by atoms with Crippen LogP contribution < -0.4 is 18.9 Å². The number of benzene rings is 2. The van der Waals surface area contributed by atoms with Crippen molar-refractivity contribution < 1.29 is 24.2 Å². The van der Waals surface area contributed by atoms with Gasteiger partial charge in [-0.25, -0.2) is 0 Å². The van der Waals surface area contributed by atoms with Gasteiger partial charge in [0.05, 0.1) is 19.8 Å². The largest absolute Gasteiger partial charge is 0.496 e. The van der Waals surface area contributed by atoms with Crippen molar-refractivity contribution in [1.29, 1.82) is 0 Å². The highest BCUT2D eigenvalue weighted by Gasteiger charge is 2.31. The SMILES string of the molecule is COc1cc(OCc2ccccc2)c(OC)c2c1C(=NO)CO2. The number of oxime groups is 1. The van der Waals surface area contributed by atoms with Gasteiger partial charge in [-0.05, 0) is 5.56 Å². The lowest BCUT2D eigenvalue weighted by molar-refractivity contribution is 0.271. The normalized spacial score (nSPS) is 14.3. The summed E-state index contributed by atoms with van der Waals surface area (Å²) in [6, 6.07) is 11.5. The molecule has 120 valence electrons. The molecule has 0 amide bonds. The minimum Gasteiger partial charge on any atom is -0.496 e. The number of hydrogen-bond donors (Lipinski definition) is 1. The van der Waals surface area contributed by atoms with E-state index in [-0.39, 0.29) is 6.61 Å². The molecule has 0 bridgehead atoms. The zero-order chi connectivity index (χ0) is 16.2. The van der Waals surface area contributed by atoms with Crippen molar-refractivity contribution in [2.24, 2.45) is 5.16 Å². The van der Waals surface area contributed by atoms with E-state index < -0.39 is 0 Å². The third-order valence-electron chi connectivity index (χ3n) is 3.59. The fourth-order valence-corrected chi connectivity index (χ4v) is 2.49. The van der Waals surface area contributed by atoms with Crippen LogP contribution in [0.3, 0.4) is 0 Å². The summed E-state index contributed by atoms with van der Waals surface area (Å²) in [6.07, 6.45) is 0. The molecule has 0 saturated carbocycles. The zero-order valence-corrected chi connectivity index (χ0v) is 12.9. The topological polar surface area (TPSA) is 69.5 Å². The van der Waals surface area contributed by atoms with Crippen LogP contribution >= 0.6 is 0 Å². The van der Waals surface area contributed by atoms with E-state index in [2.05, 4.69) is 5.16 Å². The first-order valence-corrected chi connectivity index (χ1v) is 7.08. The minimum atomic E-state index is 0.153. The van der Waals surface area contributed by atoms with Gasteiger partial charge in [0, 0.05) is 6.07 Å². The second kappa shape index (κ2) is 6.48. The fraction of sp³-hybridized carbons (Fsp3) is 0.235. The summed E-state index contributed by atoms with van der Waals surface area (Å²) in [7, 11) is 3.07. The van der Waals surface area contributed by atoms with Gasteiger partial charge >= 0.3 is 0 Å². The van der Waals surface area contributed by atoms with E-state index in [1.807, 2.05) is 30.3 Å². The van der Waals surface area contributed by atoms with Gasteiger partial charge in [0.2, 0.25) is 5.75 Å². The zero-order valence-electron chi connectivity index (χ0n) is 12.9. The van der Waals surface area contributed by atoms with Gasteiger partial charge in [-0.2, -0.15) is 0 Å². The van der Waals surface area contributed by atoms with Gasteiger partial charge in [0.25, 0.3) is 0 Å². The molecular formula is C17H17NO5. The van der Waals surface area contributed by atoms with Crippen molar-refractivity contribution in [3.8, 4) is 23.0 Å². The average molecular weight is 315 g/mol. The number of methoxy groups -OCH3 is 2. The molecule has 1 N–H and O–H groups in total. The van der Waals surface area contributed by atoms with Crippen molar-refractivity contribution in [1.82, 2.24) is 0 Å². The Kier molecular flexibility index (Phi) is 4.23. The third kappa shape index (κ3) is 2.75. The molecular weight excluding hydrogens is 298 g/mol. The molecule has 0 radical (unpaired) electrons. The quantitative estimate of drug-likeness (QED) is 0.678. The number of ether oxygens (including phenoxy) is 4. The van der Waals surface area contributed by atoms with Crippen LogP contribution in [-0.2, 0) is 6.61 Å². The van der Waals surface area contributed by atoms with Crippen molar-refractivity contribution in [3.63, 3.8) is 0 Å². The lowest BCUT2D eigenvalue weighted by atomic mass is 10.1.